The first-order valence-electron chi connectivity index (χ1n) is 9.41. The molecule has 2 unspecified atom stereocenters. The molecule has 25 heavy (non-hydrogen) atoms. The van der Waals surface area contributed by atoms with Crippen LogP contribution >= 0.6 is 11.3 Å². The Morgan fingerprint density at radius 2 is 2.24 bits per heavy atom. The van der Waals surface area contributed by atoms with Gasteiger partial charge in [0.15, 0.2) is 5.96 Å². The van der Waals surface area contributed by atoms with Gasteiger partial charge in [-0.1, -0.05) is 6.07 Å². The van der Waals surface area contributed by atoms with Crippen LogP contribution in [-0.2, 0) is 0 Å². The average Bonchev–Trinajstić information content (AvgIpc) is 3.11. The lowest BCUT2D eigenvalue weighted by atomic mass is 9.88. The van der Waals surface area contributed by atoms with Crippen molar-refractivity contribution in [3.8, 4) is 0 Å². The molecule has 0 saturated carbocycles. The summed E-state index contributed by atoms with van der Waals surface area (Å²) in [4.78, 5) is 10.7. The third-order valence-electron chi connectivity index (χ3n) is 5.24. The Kier molecular flexibility index (Phi) is 8.19. The lowest BCUT2D eigenvalue weighted by molar-refractivity contribution is 0.125. The van der Waals surface area contributed by atoms with Gasteiger partial charge in [0.25, 0.3) is 0 Å². The van der Waals surface area contributed by atoms with Crippen molar-refractivity contribution >= 4 is 17.3 Å². The maximum absolute atomic E-state index is 4.39. The summed E-state index contributed by atoms with van der Waals surface area (Å²) in [5.41, 5.74) is 0. The van der Waals surface area contributed by atoms with E-state index in [-0.39, 0.29) is 0 Å². The predicted octanol–water partition coefficient (Wildman–Crippen LogP) is 2.64. The summed E-state index contributed by atoms with van der Waals surface area (Å²) in [5, 5.41) is 9.18. The van der Waals surface area contributed by atoms with Crippen LogP contribution in [0.2, 0.25) is 0 Å². The van der Waals surface area contributed by atoms with E-state index < -0.39 is 0 Å². The minimum Gasteiger partial charge on any atom is -0.356 e. The van der Waals surface area contributed by atoms with Gasteiger partial charge in [-0.3, -0.25) is 9.89 Å². The van der Waals surface area contributed by atoms with Crippen LogP contribution in [0, 0.1) is 5.92 Å². The van der Waals surface area contributed by atoms with E-state index in [1.54, 1.807) is 0 Å². The third kappa shape index (κ3) is 5.97. The highest BCUT2D eigenvalue weighted by Crippen LogP contribution is 2.36. The van der Waals surface area contributed by atoms with Crippen LogP contribution in [0.4, 0.5) is 0 Å². The Morgan fingerprint density at radius 3 is 2.88 bits per heavy atom. The van der Waals surface area contributed by atoms with Gasteiger partial charge in [-0.25, -0.2) is 0 Å². The molecule has 142 valence electrons. The maximum Gasteiger partial charge on any atom is 0.191 e. The first-order valence-corrected chi connectivity index (χ1v) is 10.3. The van der Waals surface area contributed by atoms with E-state index in [0.29, 0.717) is 18.0 Å². The van der Waals surface area contributed by atoms with Crippen molar-refractivity contribution in [3.63, 3.8) is 0 Å². The Labute approximate surface area is 157 Å². The van der Waals surface area contributed by atoms with Crippen molar-refractivity contribution in [2.24, 2.45) is 10.9 Å². The predicted molar refractivity (Wildman–Crippen MR) is 110 cm³/mol. The molecule has 1 fully saturated rings. The van der Waals surface area contributed by atoms with Gasteiger partial charge in [0.2, 0.25) is 0 Å². The van der Waals surface area contributed by atoms with Crippen molar-refractivity contribution < 1.29 is 0 Å². The summed E-state index contributed by atoms with van der Waals surface area (Å²) in [6, 6.07) is 5.53. The van der Waals surface area contributed by atoms with Gasteiger partial charge in [0.1, 0.15) is 0 Å². The van der Waals surface area contributed by atoms with Gasteiger partial charge in [-0.15, -0.1) is 11.3 Å². The summed E-state index contributed by atoms with van der Waals surface area (Å²) >= 11 is 1.88. The number of guanidine groups is 1. The molecule has 5 nitrogen and oxygen atoms in total. The van der Waals surface area contributed by atoms with Crippen LogP contribution in [0.3, 0.4) is 0 Å². The zero-order chi connectivity index (χ0) is 18.2. The zero-order valence-electron chi connectivity index (χ0n) is 16.5. The van der Waals surface area contributed by atoms with Gasteiger partial charge >= 0.3 is 0 Å². The number of nitrogens with one attached hydrogen (secondary N) is 2. The van der Waals surface area contributed by atoms with Crippen molar-refractivity contribution in [1.82, 2.24) is 20.4 Å². The molecule has 1 aromatic heterocycles. The largest absolute Gasteiger partial charge is 0.356 e. The molecule has 0 aliphatic carbocycles. The minimum absolute atomic E-state index is 0.520. The highest BCUT2D eigenvalue weighted by Gasteiger charge is 2.31. The number of likely N-dealkylation sites (tertiary alicyclic amines) is 1. The molecule has 0 radical (unpaired) electrons. The van der Waals surface area contributed by atoms with Crippen LogP contribution < -0.4 is 10.6 Å². The monoisotopic (exact) mass is 365 g/mol. The molecule has 0 aromatic carbocycles. The molecular weight excluding hydrogens is 330 g/mol. The summed E-state index contributed by atoms with van der Waals surface area (Å²) in [7, 11) is 6.27. The number of thiophene rings is 1. The van der Waals surface area contributed by atoms with E-state index in [9.17, 15) is 0 Å². The molecule has 1 aliphatic rings. The number of rotatable bonds is 7. The number of nitrogens with zero attached hydrogens (tertiary/aromatic N) is 3. The molecule has 1 saturated heterocycles. The SMILES string of the molecule is CN=C(NCCN(C)C(C)C)NCC1CCCN(C)C1c1cccs1. The maximum atomic E-state index is 4.39. The summed E-state index contributed by atoms with van der Waals surface area (Å²) in [6.45, 7) is 8.52. The lowest BCUT2D eigenvalue weighted by Gasteiger charge is -2.39. The number of aliphatic imine (C=N–C) groups is 1. The first-order chi connectivity index (χ1) is 12.0. The fraction of sp³-hybridized carbons (Fsp3) is 0.737. The summed E-state index contributed by atoms with van der Waals surface area (Å²) < 4.78 is 0. The highest BCUT2D eigenvalue weighted by molar-refractivity contribution is 7.10. The Balaban J connectivity index is 1.84. The van der Waals surface area contributed by atoms with Crippen molar-refractivity contribution in [2.45, 2.75) is 38.8 Å². The van der Waals surface area contributed by atoms with Crippen LogP contribution in [0.15, 0.2) is 22.5 Å². The molecule has 1 aliphatic heterocycles. The van der Waals surface area contributed by atoms with E-state index in [1.165, 1.54) is 24.3 Å². The van der Waals surface area contributed by atoms with E-state index in [0.717, 1.165) is 25.6 Å². The Bertz CT molecular complexity index is 514. The highest BCUT2D eigenvalue weighted by atomic mass is 32.1. The fourth-order valence-corrected chi connectivity index (χ4v) is 4.42. The Morgan fingerprint density at radius 1 is 1.44 bits per heavy atom. The van der Waals surface area contributed by atoms with E-state index in [2.05, 4.69) is 70.9 Å². The average molecular weight is 366 g/mol. The normalized spacial score (nSPS) is 22.6. The van der Waals surface area contributed by atoms with Gasteiger partial charge < -0.3 is 15.5 Å². The van der Waals surface area contributed by atoms with Gasteiger partial charge in [0.05, 0.1) is 0 Å². The minimum atomic E-state index is 0.520. The summed E-state index contributed by atoms with van der Waals surface area (Å²) in [5.74, 6) is 1.53. The van der Waals surface area contributed by atoms with Crippen molar-refractivity contribution in [2.75, 3.05) is 47.3 Å². The molecule has 2 rings (SSSR count). The first kappa shape index (κ1) is 20.2. The number of hydrogen-bond donors (Lipinski definition) is 2. The van der Waals surface area contributed by atoms with Crippen LogP contribution in [0.25, 0.3) is 0 Å². The third-order valence-corrected chi connectivity index (χ3v) is 6.18. The molecule has 0 spiro atoms. The van der Waals surface area contributed by atoms with Crippen molar-refractivity contribution in [3.05, 3.63) is 22.4 Å². The molecule has 0 bridgehead atoms. The van der Waals surface area contributed by atoms with Gasteiger partial charge in [-0.05, 0) is 64.7 Å². The number of piperidine rings is 1. The van der Waals surface area contributed by atoms with E-state index >= 15 is 0 Å². The second-order valence-corrected chi connectivity index (χ2v) is 8.28. The number of likely N-dealkylation sites (N-methyl/N-ethyl adjacent to an activating group) is 1. The van der Waals surface area contributed by atoms with Gasteiger partial charge in [-0.2, -0.15) is 0 Å². The lowest BCUT2D eigenvalue weighted by Crippen LogP contribution is -2.46. The second kappa shape index (κ2) is 10.1. The standard InChI is InChI=1S/C19H35N5S/c1-15(2)23(4)12-10-21-19(20-3)22-14-16-8-6-11-24(5)18(16)17-9-7-13-25-17/h7,9,13,15-16,18H,6,8,10-12,14H2,1-5H3,(H2,20,21,22). The number of hydrogen-bond acceptors (Lipinski definition) is 4. The molecule has 1 aromatic rings. The second-order valence-electron chi connectivity index (χ2n) is 7.30. The molecule has 0 amide bonds. The molecule has 6 heteroatoms. The van der Waals surface area contributed by atoms with Crippen LogP contribution in [-0.4, -0.2) is 69.1 Å². The molecule has 2 atom stereocenters. The molecule has 2 N–H and O–H groups in total. The van der Waals surface area contributed by atoms with Crippen LogP contribution in [0.5, 0.6) is 0 Å². The molecule has 2 heterocycles. The van der Waals surface area contributed by atoms with Gasteiger partial charge in [0, 0.05) is 43.6 Å². The van der Waals surface area contributed by atoms with Crippen LogP contribution in [0.1, 0.15) is 37.6 Å². The molecular formula is C19H35N5S. The van der Waals surface area contributed by atoms with E-state index in [1.807, 2.05) is 18.4 Å². The zero-order valence-corrected chi connectivity index (χ0v) is 17.3. The summed E-state index contributed by atoms with van der Waals surface area (Å²) in [6.07, 6.45) is 2.54. The quantitative estimate of drug-likeness (QED) is 0.576. The van der Waals surface area contributed by atoms with E-state index in [4.69, 9.17) is 0 Å². The Hall–Kier alpha value is -1.11. The smallest absolute Gasteiger partial charge is 0.191 e. The fourth-order valence-electron chi connectivity index (χ4n) is 3.44. The van der Waals surface area contributed by atoms with Crippen molar-refractivity contribution in [1.29, 1.82) is 0 Å². The topological polar surface area (TPSA) is 42.9 Å².